The molecule has 0 spiro atoms. The van der Waals surface area contributed by atoms with E-state index in [2.05, 4.69) is 3.63 Å². The first-order chi connectivity index (χ1) is 9.51. The predicted octanol–water partition coefficient (Wildman–Crippen LogP) is 3.68. The summed E-state index contributed by atoms with van der Waals surface area (Å²) in [5, 5.41) is 0. The molecule has 0 aromatic heterocycles. The van der Waals surface area contributed by atoms with Crippen molar-refractivity contribution in [2.75, 3.05) is 19.1 Å². The van der Waals surface area contributed by atoms with Gasteiger partial charge in [-0.05, 0) is 31.1 Å². The Bertz CT molecular complexity index is 582. The highest BCUT2D eigenvalue weighted by Gasteiger charge is 2.50. The molecule has 122 valence electrons. The van der Waals surface area contributed by atoms with E-state index in [-0.39, 0.29) is 0 Å². The van der Waals surface area contributed by atoms with E-state index in [0.29, 0.717) is 23.7 Å². The lowest BCUT2D eigenvalue weighted by Crippen LogP contribution is -2.26. The molecule has 0 heterocycles. The van der Waals surface area contributed by atoms with Gasteiger partial charge in [0.15, 0.2) is 0 Å². The van der Waals surface area contributed by atoms with Gasteiger partial charge in [0.25, 0.3) is 0 Å². The van der Waals surface area contributed by atoms with Crippen LogP contribution in [-0.2, 0) is 13.7 Å². The predicted molar refractivity (Wildman–Crippen MR) is 76.0 cm³/mol. The summed E-state index contributed by atoms with van der Waals surface area (Å²) in [5.41, 5.74) is -5.45. The van der Waals surface area contributed by atoms with E-state index < -0.39 is 25.9 Å². The molecule has 0 saturated heterocycles. The normalized spacial score (nSPS) is 14.0. The molecule has 0 saturated carbocycles. The van der Waals surface area contributed by atoms with Gasteiger partial charge in [-0.15, -0.1) is 0 Å². The second-order valence-electron chi connectivity index (χ2n) is 4.50. The molecule has 1 rings (SSSR count). The number of hydrogen-bond acceptors (Lipinski definition) is 4. The summed E-state index contributed by atoms with van der Waals surface area (Å²) in [6.45, 7) is 2.25. The number of ether oxygens (including phenoxy) is 1. The van der Waals surface area contributed by atoms with E-state index in [1.165, 1.54) is 18.6 Å². The Morgan fingerprint density at radius 2 is 1.71 bits per heavy atom. The lowest BCUT2D eigenvalue weighted by atomic mass is 10.3. The average Bonchev–Trinajstić information content (AvgIpc) is 2.34. The zero-order valence-corrected chi connectivity index (χ0v) is 13.4. The highest BCUT2D eigenvalue weighted by atomic mass is 32.3. The molecule has 0 aliphatic carbocycles. The van der Waals surface area contributed by atoms with Crippen molar-refractivity contribution >= 4 is 20.4 Å². The maximum Gasteiger partial charge on any atom is 0.523 e. The van der Waals surface area contributed by atoms with E-state index in [4.69, 9.17) is 4.74 Å². The highest BCUT2D eigenvalue weighted by Crippen LogP contribution is 2.56. The minimum atomic E-state index is -5.66. The number of alkyl halides is 3. The van der Waals surface area contributed by atoms with Crippen molar-refractivity contribution in [3.63, 3.8) is 0 Å². The lowest BCUT2D eigenvalue weighted by Gasteiger charge is -2.31. The summed E-state index contributed by atoms with van der Waals surface area (Å²) < 4.78 is 69.6. The van der Waals surface area contributed by atoms with Crippen molar-refractivity contribution in [2.45, 2.75) is 23.7 Å². The first-order valence-electron chi connectivity index (χ1n) is 5.99. The van der Waals surface area contributed by atoms with E-state index >= 15 is 0 Å². The molecule has 1 aromatic rings. The Hall–Kier alpha value is -0.930. The van der Waals surface area contributed by atoms with Crippen LogP contribution < -0.4 is 4.74 Å². The summed E-state index contributed by atoms with van der Waals surface area (Å²) in [4.78, 5) is 0.311. The maximum absolute atomic E-state index is 12.5. The molecule has 0 amide bonds. The third-order valence-corrected chi connectivity index (χ3v) is 6.42. The summed E-state index contributed by atoms with van der Waals surface area (Å²) in [6, 6.07) is 6.32. The van der Waals surface area contributed by atoms with Crippen molar-refractivity contribution in [1.82, 2.24) is 0 Å². The Kier molecular flexibility index (Phi) is 5.57. The molecule has 0 atom stereocenters. The molecular weight excluding hydrogens is 329 g/mol. The van der Waals surface area contributed by atoms with Crippen LogP contribution in [0.1, 0.15) is 13.3 Å². The molecule has 0 radical (unpaired) electrons. The van der Waals surface area contributed by atoms with E-state index in [1.807, 2.05) is 6.92 Å². The van der Waals surface area contributed by atoms with Crippen LogP contribution in [0, 0.1) is 0 Å². The molecule has 9 heteroatoms. The van der Waals surface area contributed by atoms with Crippen LogP contribution in [0.3, 0.4) is 0 Å². The lowest BCUT2D eigenvalue weighted by molar-refractivity contribution is -0.0496. The largest absolute Gasteiger partial charge is 0.523 e. The molecule has 0 unspecified atom stereocenters. The van der Waals surface area contributed by atoms with E-state index in [1.54, 1.807) is 18.2 Å². The summed E-state index contributed by atoms with van der Waals surface area (Å²) >= 11 is 0. The topological polar surface area (TPSA) is 52.6 Å². The molecular formula is C12H17F3O4S2. The second kappa shape index (κ2) is 6.45. The Morgan fingerprint density at radius 1 is 1.14 bits per heavy atom. The average molecular weight is 346 g/mol. The Labute approximate surface area is 123 Å². The zero-order chi connectivity index (χ0) is 16.3. The van der Waals surface area contributed by atoms with Gasteiger partial charge in [0.1, 0.15) is 5.75 Å². The fourth-order valence-corrected chi connectivity index (χ4v) is 4.90. The van der Waals surface area contributed by atoms with Gasteiger partial charge in [-0.1, -0.05) is 29.4 Å². The summed E-state index contributed by atoms with van der Waals surface area (Å²) in [6.07, 6.45) is 3.36. The van der Waals surface area contributed by atoms with Crippen molar-refractivity contribution in [3.05, 3.63) is 24.3 Å². The minimum Gasteiger partial charge on any atom is -0.492 e. The second-order valence-corrected chi connectivity index (χ2v) is 9.32. The van der Waals surface area contributed by atoms with Gasteiger partial charge in [-0.2, -0.15) is 21.6 Å². The van der Waals surface area contributed by atoms with Crippen LogP contribution in [0.5, 0.6) is 5.75 Å². The van der Waals surface area contributed by atoms with Gasteiger partial charge in [-0.3, -0.25) is 0 Å². The highest BCUT2D eigenvalue weighted by molar-refractivity contribution is 8.32. The molecule has 0 aliphatic heterocycles. The van der Waals surface area contributed by atoms with Gasteiger partial charge in [0.05, 0.1) is 11.5 Å². The monoisotopic (exact) mass is 346 g/mol. The van der Waals surface area contributed by atoms with Gasteiger partial charge in [0, 0.05) is 0 Å². The number of rotatable bonds is 6. The number of benzene rings is 1. The van der Waals surface area contributed by atoms with E-state index in [9.17, 15) is 21.6 Å². The fourth-order valence-electron chi connectivity index (χ4n) is 1.49. The molecule has 0 fully saturated rings. The zero-order valence-electron chi connectivity index (χ0n) is 11.8. The third-order valence-electron chi connectivity index (χ3n) is 2.38. The van der Waals surface area contributed by atoms with Crippen LogP contribution in [0.2, 0.25) is 0 Å². The van der Waals surface area contributed by atoms with Crippen LogP contribution in [0.25, 0.3) is 0 Å². The van der Waals surface area contributed by atoms with Crippen LogP contribution in [0.4, 0.5) is 13.2 Å². The quantitative estimate of drug-likeness (QED) is 0.738. The fraction of sp³-hybridized carbons (Fsp3) is 0.500. The van der Waals surface area contributed by atoms with E-state index in [0.717, 1.165) is 0 Å². The maximum atomic E-state index is 12.5. The molecule has 1 aromatic carbocycles. The molecule has 0 bridgehead atoms. The van der Waals surface area contributed by atoms with Crippen LogP contribution in [-0.4, -0.2) is 33.0 Å². The molecule has 21 heavy (non-hydrogen) atoms. The van der Waals surface area contributed by atoms with Crippen LogP contribution >= 0.6 is 10.3 Å². The molecule has 0 aliphatic rings. The van der Waals surface area contributed by atoms with Crippen molar-refractivity contribution in [3.8, 4) is 5.75 Å². The summed E-state index contributed by atoms with van der Waals surface area (Å²) in [5.74, 6) is 0.330. The minimum absolute atomic E-state index is 0.311. The van der Waals surface area contributed by atoms with Gasteiger partial charge < -0.3 is 4.74 Å². The van der Waals surface area contributed by atoms with Gasteiger partial charge >= 0.3 is 15.6 Å². The molecule has 4 nitrogen and oxygen atoms in total. The summed E-state index contributed by atoms with van der Waals surface area (Å²) in [7, 11) is -8.35. The SMILES string of the molecule is CCCOc1ccccc1S(C)(C)OS(=O)(=O)C(F)(F)F. The first-order valence-corrected chi connectivity index (χ1v) is 9.77. The Balaban J connectivity index is 3.14. The van der Waals surface area contributed by atoms with Crippen LogP contribution in [0.15, 0.2) is 29.2 Å². The smallest absolute Gasteiger partial charge is 0.492 e. The number of halogens is 3. The number of para-hydroxylation sites is 1. The van der Waals surface area contributed by atoms with Gasteiger partial charge in [0.2, 0.25) is 0 Å². The van der Waals surface area contributed by atoms with Crippen molar-refractivity contribution in [1.29, 1.82) is 0 Å². The number of hydrogen-bond donors (Lipinski definition) is 0. The first kappa shape index (κ1) is 18.1. The van der Waals surface area contributed by atoms with Gasteiger partial charge in [-0.25, -0.2) is 3.63 Å². The standard InChI is InChI=1S/C12H17F3O4S2/c1-4-9-18-10-7-5-6-8-11(10)20(2,3)19-21(16,17)12(13,14)15/h5-8H,4,9H2,1-3H3. The van der Waals surface area contributed by atoms with Crippen molar-refractivity contribution in [2.24, 2.45) is 0 Å². The Morgan fingerprint density at radius 3 is 2.24 bits per heavy atom. The third kappa shape index (κ3) is 4.52. The van der Waals surface area contributed by atoms with Crippen molar-refractivity contribution < 1.29 is 30.0 Å². The molecule has 0 N–H and O–H groups in total.